The lowest BCUT2D eigenvalue weighted by Crippen LogP contribution is -2.44. The Hall–Kier alpha value is -2.38. The molecular weight excluding hydrogens is 324 g/mol. The summed E-state index contributed by atoms with van der Waals surface area (Å²) in [4.78, 5) is 22.4. The van der Waals surface area contributed by atoms with E-state index in [0.29, 0.717) is 24.0 Å². The highest BCUT2D eigenvalue weighted by molar-refractivity contribution is 5.84. The first-order valence-electron chi connectivity index (χ1n) is 7.44. The number of carboxylic acid groups (broad SMARTS) is 1. The van der Waals surface area contributed by atoms with E-state index in [9.17, 15) is 18.4 Å². The number of nitrogens with one attached hydrogen (secondary N) is 1. The zero-order valence-corrected chi connectivity index (χ0v) is 13.5. The van der Waals surface area contributed by atoms with Gasteiger partial charge in [-0.05, 0) is 18.1 Å². The van der Waals surface area contributed by atoms with E-state index in [1.165, 1.54) is 0 Å². The molecule has 1 unspecified atom stereocenters. The average molecular weight is 345 g/mol. The van der Waals surface area contributed by atoms with Crippen molar-refractivity contribution in [2.45, 2.75) is 32.7 Å². The van der Waals surface area contributed by atoms with Crippen LogP contribution in [-0.4, -0.2) is 42.7 Å². The fourth-order valence-electron chi connectivity index (χ4n) is 1.70. The number of hydrogen-bond donors (Lipinski definition) is 2. The van der Waals surface area contributed by atoms with Crippen molar-refractivity contribution in [1.82, 2.24) is 5.32 Å². The van der Waals surface area contributed by atoms with Gasteiger partial charge in [0.2, 0.25) is 6.43 Å². The number of benzene rings is 1. The zero-order chi connectivity index (χ0) is 18.1. The van der Waals surface area contributed by atoms with Crippen LogP contribution in [0.1, 0.15) is 20.3 Å². The Kier molecular flexibility index (Phi) is 7.94. The summed E-state index contributed by atoms with van der Waals surface area (Å²) in [6.45, 7) is 4.05. The van der Waals surface area contributed by atoms with Gasteiger partial charge in [-0.3, -0.25) is 4.79 Å². The lowest BCUT2D eigenvalue weighted by molar-refractivity contribution is -0.143. The number of hydrogen-bond acceptors (Lipinski definition) is 4. The van der Waals surface area contributed by atoms with Gasteiger partial charge >= 0.3 is 5.97 Å². The fourth-order valence-corrected chi connectivity index (χ4v) is 1.70. The second-order valence-corrected chi connectivity index (χ2v) is 5.55. The van der Waals surface area contributed by atoms with Crippen molar-refractivity contribution in [2.75, 3.05) is 13.2 Å². The Morgan fingerprint density at radius 2 is 1.83 bits per heavy atom. The molecule has 0 saturated carbocycles. The number of carbonyl (C=O) groups excluding carboxylic acids is 1. The van der Waals surface area contributed by atoms with E-state index in [1.807, 2.05) is 19.2 Å². The van der Waals surface area contributed by atoms with E-state index in [-0.39, 0.29) is 0 Å². The van der Waals surface area contributed by atoms with Gasteiger partial charge in [0.15, 0.2) is 6.61 Å². The van der Waals surface area contributed by atoms with Crippen molar-refractivity contribution in [3.8, 4) is 11.5 Å². The Labute approximate surface area is 138 Å². The van der Waals surface area contributed by atoms with Gasteiger partial charge in [0.05, 0.1) is 6.61 Å². The van der Waals surface area contributed by atoms with E-state index in [2.05, 4.69) is 0 Å². The predicted molar refractivity (Wildman–Crippen MR) is 82.5 cm³/mol. The minimum atomic E-state index is -2.83. The number of carboxylic acids is 1. The molecule has 0 aliphatic rings. The molecule has 0 aliphatic heterocycles. The summed E-state index contributed by atoms with van der Waals surface area (Å²) in [7, 11) is 0. The first kappa shape index (κ1) is 19.7. The van der Waals surface area contributed by atoms with Gasteiger partial charge in [-0.15, -0.1) is 0 Å². The SMILES string of the molecule is CC(C)COc1cccc(OCC(=O)NC(CC(F)F)C(=O)O)c1. The molecule has 1 aromatic rings. The van der Waals surface area contributed by atoms with E-state index in [0.717, 1.165) is 0 Å². The number of carbonyl (C=O) groups is 2. The van der Waals surface area contributed by atoms with E-state index >= 15 is 0 Å². The topological polar surface area (TPSA) is 84.9 Å². The Bertz CT molecular complexity index is 551. The van der Waals surface area contributed by atoms with Crippen molar-refractivity contribution >= 4 is 11.9 Å². The van der Waals surface area contributed by atoms with Gasteiger partial charge in [-0.1, -0.05) is 19.9 Å². The summed E-state index contributed by atoms with van der Waals surface area (Å²) in [5.74, 6) is -1.04. The highest BCUT2D eigenvalue weighted by Gasteiger charge is 2.24. The van der Waals surface area contributed by atoms with Crippen LogP contribution in [0.2, 0.25) is 0 Å². The molecule has 0 aromatic heterocycles. The standard InChI is InChI=1S/C16H21F2NO5/c1-10(2)8-23-11-4-3-5-12(6-11)24-9-15(20)19-13(16(21)22)7-14(17)18/h3-6,10,13-14H,7-9H2,1-2H3,(H,19,20)(H,21,22). The maximum atomic E-state index is 12.3. The molecule has 1 rings (SSSR count). The summed E-state index contributed by atoms with van der Waals surface area (Å²) < 4.78 is 35.3. The van der Waals surface area contributed by atoms with Gasteiger partial charge in [-0.25, -0.2) is 13.6 Å². The highest BCUT2D eigenvalue weighted by Crippen LogP contribution is 2.19. The monoisotopic (exact) mass is 345 g/mol. The lowest BCUT2D eigenvalue weighted by Gasteiger charge is -2.14. The summed E-state index contributed by atoms with van der Waals surface area (Å²) in [6.07, 6.45) is -3.79. The third-order valence-corrected chi connectivity index (χ3v) is 2.81. The van der Waals surface area contributed by atoms with Crippen molar-refractivity contribution in [1.29, 1.82) is 0 Å². The van der Waals surface area contributed by atoms with Crippen LogP contribution in [0.15, 0.2) is 24.3 Å². The van der Waals surface area contributed by atoms with Gasteiger partial charge in [0, 0.05) is 12.5 Å². The third-order valence-electron chi connectivity index (χ3n) is 2.81. The summed E-state index contributed by atoms with van der Waals surface area (Å²) in [6, 6.07) is 4.95. The third kappa shape index (κ3) is 7.75. The van der Waals surface area contributed by atoms with Crippen LogP contribution in [0, 0.1) is 5.92 Å². The first-order valence-corrected chi connectivity index (χ1v) is 7.44. The molecule has 24 heavy (non-hydrogen) atoms. The zero-order valence-electron chi connectivity index (χ0n) is 13.5. The summed E-state index contributed by atoms with van der Waals surface area (Å²) >= 11 is 0. The molecular formula is C16H21F2NO5. The summed E-state index contributed by atoms with van der Waals surface area (Å²) in [5.41, 5.74) is 0. The quantitative estimate of drug-likeness (QED) is 0.680. The molecule has 0 spiro atoms. The molecule has 0 fully saturated rings. The van der Waals surface area contributed by atoms with Crippen LogP contribution in [0.3, 0.4) is 0 Å². The van der Waals surface area contributed by atoms with Gasteiger partial charge in [0.25, 0.3) is 5.91 Å². The Morgan fingerprint density at radius 1 is 1.21 bits per heavy atom. The largest absolute Gasteiger partial charge is 0.493 e. The molecule has 8 heteroatoms. The molecule has 1 amide bonds. The van der Waals surface area contributed by atoms with Crippen LogP contribution >= 0.6 is 0 Å². The van der Waals surface area contributed by atoms with Gasteiger partial charge < -0.3 is 19.9 Å². The van der Waals surface area contributed by atoms with Crippen LogP contribution in [0.4, 0.5) is 8.78 Å². The predicted octanol–water partition coefficient (Wildman–Crippen LogP) is 2.32. The molecule has 0 bridgehead atoms. The van der Waals surface area contributed by atoms with Crippen molar-refractivity contribution in [2.24, 2.45) is 5.92 Å². The van der Waals surface area contributed by atoms with E-state index < -0.39 is 37.4 Å². The molecule has 1 aromatic carbocycles. The molecule has 0 saturated heterocycles. The number of rotatable bonds is 10. The number of aliphatic carboxylic acids is 1. The molecule has 0 heterocycles. The maximum Gasteiger partial charge on any atom is 0.326 e. The average Bonchev–Trinajstić information content (AvgIpc) is 2.50. The molecule has 6 nitrogen and oxygen atoms in total. The van der Waals surface area contributed by atoms with Crippen molar-refractivity contribution < 1.29 is 33.0 Å². The molecule has 0 radical (unpaired) electrons. The normalized spacial score (nSPS) is 12.1. The summed E-state index contributed by atoms with van der Waals surface area (Å²) in [5, 5.41) is 10.8. The van der Waals surface area contributed by atoms with E-state index in [1.54, 1.807) is 24.3 Å². The first-order chi connectivity index (χ1) is 11.3. The molecule has 2 N–H and O–H groups in total. The second kappa shape index (κ2) is 9.69. The number of amides is 1. The van der Waals surface area contributed by atoms with Gasteiger partial charge in [-0.2, -0.15) is 0 Å². The number of ether oxygens (including phenoxy) is 2. The molecule has 1 atom stereocenters. The number of alkyl halides is 2. The lowest BCUT2D eigenvalue weighted by atomic mass is 10.2. The minimum absolute atomic E-state index is 0.350. The second-order valence-electron chi connectivity index (χ2n) is 5.55. The Morgan fingerprint density at radius 3 is 2.38 bits per heavy atom. The van der Waals surface area contributed by atoms with Gasteiger partial charge in [0.1, 0.15) is 17.5 Å². The molecule has 0 aliphatic carbocycles. The fraction of sp³-hybridized carbons (Fsp3) is 0.500. The smallest absolute Gasteiger partial charge is 0.326 e. The van der Waals surface area contributed by atoms with Crippen molar-refractivity contribution in [3.63, 3.8) is 0 Å². The van der Waals surface area contributed by atoms with Crippen LogP contribution in [0.5, 0.6) is 11.5 Å². The van der Waals surface area contributed by atoms with Crippen LogP contribution < -0.4 is 14.8 Å². The number of halogens is 2. The molecule has 134 valence electrons. The van der Waals surface area contributed by atoms with Crippen molar-refractivity contribution in [3.05, 3.63) is 24.3 Å². The minimum Gasteiger partial charge on any atom is -0.493 e. The Balaban J connectivity index is 2.51. The van der Waals surface area contributed by atoms with E-state index in [4.69, 9.17) is 14.6 Å². The highest BCUT2D eigenvalue weighted by atomic mass is 19.3. The van der Waals surface area contributed by atoms with Crippen LogP contribution in [0.25, 0.3) is 0 Å². The van der Waals surface area contributed by atoms with Crippen LogP contribution in [-0.2, 0) is 9.59 Å². The maximum absolute atomic E-state index is 12.3.